The van der Waals surface area contributed by atoms with Crippen molar-refractivity contribution in [3.63, 3.8) is 0 Å². The van der Waals surface area contributed by atoms with Gasteiger partial charge in [0.05, 0.1) is 22.4 Å². The molecule has 31 heavy (non-hydrogen) atoms. The molecule has 5 heteroatoms. The summed E-state index contributed by atoms with van der Waals surface area (Å²) in [6.07, 6.45) is 1.85. The van der Waals surface area contributed by atoms with E-state index in [-0.39, 0.29) is 0 Å². The summed E-state index contributed by atoms with van der Waals surface area (Å²) in [5.74, 6) is 0.905. The van der Waals surface area contributed by atoms with Crippen LogP contribution in [0.4, 0.5) is 0 Å². The van der Waals surface area contributed by atoms with Gasteiger partial charge in [0, 0.05) is 17.2 Å². The molecule has 0 saturated heterocycles. The molecule has 5 nitrogen and oxygen atoms in total. The third kappa shape index (κ3) is 2.82. The van der Waals surface area contributed by atoms with Gasteiger partial charge in [-0.05, 0) is 24.6 Å². The van der Waals surface area contributed by atoms with Crippen molar-refractivity contribution in [1.29, 1.82) is 0 Å². The fraction of sp³-hybridized carbons (Fsp3) is 0.0385. The number of aromatic nitrogens is 5. The van der Waals surface area contributed by atoms with Crippen LogP contribution in [0.1, 0.15) is 5.69 Å². The van der Waals surface area contributed by atoms with Crippen LogP contribution in [0, 0.1) is 6.92 Å². The number of imidazole rings is 1. The highest BCUT2D eigenvalue weighted by atomic mass is 15.3. The second-order valence-corrected chi connectivity index (χ2v) is 7.53. The Kier molecular flexibility index (Phi) is 3.93. The van der Waals surface area contributed by atoms with Gasteiger partial charge in [0.25, 0.3) is 0 Å². The lowest BCUT2D eigenvalue weighted by atomic mass is 10.1. The molecule has 3 aromatic carbocycles. The number of para-hydroxylation sites is 2. The lowest BCUT2D eigenvalue weighted by Crippen LogP contribution is -2.05. The van der Waals surface area contributed by atoms with Crippen molar-refractivity contribution in [3.05, 3.63) is 103 Å². The number of aryl methyl sites for hydroxylation is 1. The average Bonchev–Trinajstić information content (AvgIpc) is 3.40. The first kappa shape index (κ1) is 17.6. The van der Waals surface area contributed by atoms with Crippen LogP contribution in [0.15, 0.2) is 97.3 Å². The molecule has 0 amide bonds. The van der Waals surface area contributed by atoms with E-state index in [1.165, 1.54) is 0 Å². The molecule has 0 aliphatic carbocycles. The lowest BCUT2D eigenvalue weighted by molar-refractivity contribution is 0.854. The van der Waals surface area contributed by atoms with Gasteiger partial charge in [0.1, 0.15) is 12.1 Å². The van der Waals surface area contributed by atoms with Gasteiger partial charge in [0.2, 0.25) is 0 Å². The standard InChI is InChI=1S/C26H19N5/c1-18-25(20-12-6-3-7-13-20)26-28-22(19-10-4-2-5-11-19)16-24(31(26)29-18)30-17-27-21-14-8-9-15-23(21)30/h2-17H,1H3. The molecular weight excluding hydrogens is 382 g/mol. The summed E-state index contributed by atoms with van der Waals surface area (Å²) in [5.41, 5.74) is 7.86. The third-order valence-corrected chi connectivity index (χ3v) is 5.58. The number of fused-ring (bicyclic) bond motifs is 2. The summed E-state index contributed by atoms with van der Waals surface area (Å²) in [6.45, 7) is 2.04. The zero-order chi connectivity index (χ0) is 20.8. The van der Waals surface area contributed by atoms with E-state index in [0.29, 0.717) is 0 Å². The van der Waals surface area contributed by atoms with Crippen molar-refractivity contribution in [2.24, 2.45) is 0 Å². The summed E-state index contributed by atoms with van der Waals surface area (Å²) in [5, 5.41) is 4.89. The highest BCUT2D eigenvalue weighted by Gasteiger charge is 2.19. The van der Waals surface area contributed by atoms with Gasteiger partial charge in [-0.3, -0.25) is 4.57 Å². The second kappa shape index (κ2) is 6.92. The van der Waals surface area contributed by atoms with E-state index >= 15 is 0 Å². The summed E-state index contributed by atoms with van der Waals surface area (Å²) >= 11 is 0. The Hall–Kier alpha value is -4.25. The van der Waals surface area contributed by atoms with Crippen LogP contribution < -0.4 is 0 Å². The maximum atomic E-state index is 5.06. The van der Waals surface area contributed by atoms with Crippen molar-refractivity contribution in [1.82, 2.24) is 24.1 Å². The van der Waals surface area contributed by atoms with Crippen molar-refractivity contribution >= 4 is 16.7 Å². The van der Waals surface area contributed by atoms with Crippen LogP contribution in [-0.4, -0.2) is 24.1 Å². The Labute approximate surface area is 179 Å². The van der Waals surface area contributed by atoms with Crippen LogP contribution in [0.2, 0.25) is 0 Å². The first-order valence-electron chi connectivity index (χ1n) is 10.2. The van der Waals surface area contributed by atoms with Crippen LogP contribution in [-0.2, 0) is 0 Å². The molecule has 6 rings (SSSR count). The molecule has 6 aromatic rings. The quantitative estimate of drug-likeness (QED) is 0.382. The van der Waals surface area contributed by atoms with Gasteiger partial charge in [0.15, 0.2) is 5.65 Å². The smallest absolute Gasteiger partial charge is 0.166 e. The molecule has 0 atom stereocenters. The molecule has 3 heterocycles. The Morgan fingerprint density at radius 3 is 2.19 bits per heavy atom. The minimum Gasteiger partial charge on any atom is -0.283 e. The van der Waals surface area contributed by atoms with E-state index in [9.17, 15) is 0 Å². The molecular formula is C26H19N5. The van der Waals surface area contributed by atoms with Crippen LogP contribution in [0.5, 0.6) is 0 Å². The Morgan fingerprint density at radius 1 is 0.742 bits per heavy atom. The van der Waals surface area contributed by atoms with Gasteiger partial charge in [-0.25, -0.2) is 9.97 Å². The maximum Gasteiger partial charge on any atom is 0.166 e. The molecule has 3 aromatic heterocycles. The summed E-state index contributed by atoms with van der Waals surface area (Å²) in [6, 6.07) is 30.8. The monoisotopic (exact) mass is 401 g/mol. The number of benzene rings is 3. The van der Waals surface area contributed by atoms with Gasteiger partial charge >= 0.3 is 0 Å². The fourth-order valence-corrected chi connectivity index (χ4v) is 4.12. The largest absolute Gasteiger partial charge is 0.283 e. The van der Waals surface area contributed by atoms with Crippen LogP contribution in [0.3, 0.4) is 0 Å². The molecule has 0 unspecified atom stereocenters. The summed E-state index contributed by atoms with van der Waals surface area (Å²) < 4.78 is 4.01. The number of rotatable bonds is 3. The van der Waals surface area contributed by atoms with Crippen molar-refractivity contribution in [2.75, 3.05) is 0 Å². The number of nitrogens with zero attached hydrogens (tertiary/aromatic N) is 5. The van der Waals surface area contributed by atoms with E-state index in [1.54, 1.807) is 0 Å². The molecule has 148 valence electrons. The molecule has 0 aliphatic heterocycles. The van der Waals surface area contributed by atoms with E-state index in [1.807, 2.05) is 72.4 Å². The minimum atomic E-state index is 0.831. The molecule has 0 spiro atoms. The molecule has 0 N–H and O–H groups in total. The van der Waals surface area contributed by atoms with Crippen LogP contribution in [0.25, 0.3) is 44.9 Å². The Morgan fingerprint density at radius 2 is 1.42 bits per heavy atom. The number of hydrogen-bond acceptors (Lipinski definition) is 3. The van der Waals surface area contributed by atoms with Crippen molar-refractivity contribution in [2.45, 2.75) is 6.92 Å². The Bertz CT molecular complexity index is 1530. The summed E-state index contributed by atoms with van der Waals surface area (Å²) in [7, 11) is 0. The molecule has 0 aliphatic rings. The van der Waals surface area contributed by atoms with E-state index < -0.39 is 0 Å². The van der Waals surface area contributed by atoms with Gasteiger partial charge in [-0.1, -0.05) is 72.8 Å². The molecule has 0 radical (unpaired) electrons. The second-order valence-electron chi connectivity index (χ2n) is 7.53. The zero-order valence-electron chi connectivity index (χ0n) is 17.0. The van der Waals surface area contributed by atoms with E-state index in [2.05, 4.69) is 45.9 Å². The van der Waals surface area contributed by atoms with Crippen molar-refractivity contribution < 1.29 is 0 Å². The summed E-state index contributed by atoms with van der Waals surface area (Å²) in [4.78, 5) is 9.65. The topological polar surface area (TPSA) is 48.0 Å². The van der Waals surface area contributed by atoms with Crippen LogP contribution >= 0.6 is 0 Å². The molecule has 0 bridgehead atoms. The Balaban J connectivity index is 1.72. The first-order valence-corrected chi connectivity index (χ1v) is 10.2. The average molecular weight is 401 g/mol. The van der Waals surface area contributed by atoms with Gasteiger partial charge < -0.3 is 0 Å². The molecule has 0 fully saturated rings. The lowest BCUT2D eigenvalue weighted by Gasteiger charge is -2.11. The van der Waals surface area contributed by atoms with Crippen molar-refractivity contribution in [3.8, 4) is 28.2 Å². The fourth-order valence-electron chi connectivity index (χ4n) is 4.12. The van der Waals surface area contributed by atoms with E-state index in [4.69, 9.17) is 10.1 Å². The maximum absolute atomic E-state index is 5.06. The molecule has 0 saturated carbocycles. The predicted octanol–water partition coefficient (Wildman–Crippen LogP) is 5.71. The van der Waals surface area contributed by atoms with Gasteiger partial charge in [-0.15, -0.1) is 0 Å². The normalized spacial score (nSPS) is 11.4. The zero-order valence-corrected chi connectivity index (χ0v) is 17.0. The highest BCUT2D eigenvalue weighted by molar-refractivity contribution is 5.83. The highest BCUT2D eigenvalue weighted by Crippen LogP contribution is 2.31. The minimum absolute atomic E-state index is 0.831. The predicted molar refractivity (Wildman–Crippen MR) is 123 cm³/mol. The van der Waals surface area contributed by atoms with E-state index in [0.717, 1.165) is 50.6 Å². The SMILES string of the molecule is Cc1nn2c(-n3cnc4ccccc43)cc(-c3ccccc3)nc2c1-c1ccccc1. The third-order valence-electron chi connectivity index (χ3n) is 5.58. The number of hydrogen-bond donors (Lipinski definition) is 0. The van der Waals surface area contributed by atoms with Gasteiger partial charge in [-0.2, -0.15) is 9.61 Å². The first-order chi connectivity index (χ1) is 15.3.